The van der Waals surface area contributed by atoms with Gasteiger partial charge in [0.2, 0.25) is 0 Å². The molecular weight excluding hydrogens is 224 g/mol. The average Bonchev–Trinajstić information content (AvgIpc) is 2.50. The number of fused-ring (bicyclic) bond motifs is 1. The second-order valence-electron chi connectivity index (χ2n) is 3.68. The van der Waals surface area contributed by atoms with Gasteiger partial charge in [-0.05, 0) is 13.8 Å². The van der Waals surface area contributed by atoms with Crippen molar-refractivity contribution in [3.63, 3.8) is 0 Å². The summed E-state index contributed by atoms with van der Waals surface area (Å²) in [5, 5.41) is 20.4. The number of hydrogen-bond acceptors (Lipinski definition) is 5. The van der Waals surface area contributed by atoms with E-state index in [9.17, 15) is 10.2 Å². The van der Waals surface area contributed by atoms with Crippen LogP contribution in [-0.2, 0) is 26.2 Å². The summed E-state index contributed by atoms with van der Waals surface area (Å²) < 4.78 is 15.5. The predicted octanol–water partition coefficient (Wildman–Crippen LogP) is 0.995. The fourth-order valence-corrected chi connectivity index (χ4v) is 1.94. The quantitative estimate of drug-likeness (QED) is 0.768. The highest BCUT2D eigenvalue weighted by Gasteiger charge is 2.54. The Morgan fingerprint density at radius 1 is 1.00 bits per heavy atom. The molecule has 0 aliphatic carbocycles. The molecule has 5 heteroatoms. The molecule has 0 fully saturated rings. The highest BCUT2D eigenvalue weighted by Crippen LogP contribution is 2.45. The molecule has 0 bridgehead atoms. The smallest absolute Gasteiger partial charge is 0.314 e. The van der Waals surface area contributed by atoms with Gasteiger partial charge in [-0.15, -0.1) is 0 Å². The molecule has 2 rings (SSSR count). The minimum Gasteiger partial charge on any atom is -0.339 e. The lowest BCUT2D eigenvalue weighted by molar-refractivity contribution is -0.486. The largest absolute Gasteiger partial charge is 0.339 e. The van der Waals surface area contributed by atoms with Crippen molar-refractivity contribution in [2.24, 2.45) is 0 Å². The molecule has 0 spiro atoms. The SMILES string of the molecule is CCOC1(O)OC(O)(OCC)c2ccccc21. The van der Waals surface area contributed by atoms with Crippen LogP contribution in [0, 0.1) is 0 Å². The second kappa shape index (κ2) is 4.36. The van der Waals surface area contributed by atoms with E-state index in [0.717, 1.165) is 0 Å². The standard InChI is InChI=1S/C12H16O5/c1-3-15-11(13)9-7-5-6-8-10(9)12(14,17-11)16-4-2/h5-8,13-14H,3-4H2,1-2H3. The molecule has 94 valence electrons. The number of aliphatic hydroxyl groups is 2. The van der Waals surface area contributed by atoms with E-state index in [0.29, 0.717) is 11.1 Å². The highest BCUT2D eigenvalue weighted by molar-refractivity contribution is 5.35. The first-order valence-electron chi connectivity index (χ1n) is 5.58. The molecule has 1 aliphatic heterocycles. The van der Waals surface area contributed by atoms with Crippen LogP contribution >= 0.6 is 0 Å². The Morgan fingerprint density at radius 3 is 1.76 bits per heavy atom. The molecule has 5 nitrogen and oxygen atoms in total. The molecule has 1 aromatic rings. The van der Waals surface area contributed by atoms with Gasteiger partial charge in [-0.25, -0.2) is 0 Å². The first kappa shape index (κ1) is 12.5. The molecule has 1 aromatic carbocycles. The van der Waals surface area contributed by atoms with Gasteiger partial charge in [-0.2, -0.15) is 0 Å². The third-order valence-corrected chi connectivity index (χ3v) is 2.56. The van der Waals surface area contributed by atoms with Crippen molar-refractivity contribution in [2.45, 2.75) is 25.8 Å². The van der Waals surface area contributed by atoms with Crippen LogP contribution in [0.4, 0.5) is 0 Å². The van der Waals surface area contributed by atoms with Gasteiger partial charge in [0, 0.05) is 13.2 Å². The lowest BCUT2D eigenvalue weighted by atomic mass is 10.1. The maximum Gasteiger partial charge on any atom is 0.314 e. The van der Waals surface area contributed by atoms with Crippen LogP contribution in [0.15, 0.2) is 24.3 Å². The van der Waals surface area contributed by atoms with Crippen molar-refractivity contribution in [1.82, 2.24) is 0 Å². The van der Waals surface area contributed by atoms with E-state index in [-0.39, 0.29) is 13.2 Å². The number of benzene rings is 1. The summed E-state index contributed by atoms with van der Waals surface area (Å²) in [6.45, 7) is 3.93. The van der Waals surface area contributed by atoms with Crippen molar-refractivity contribution < 1.29 is 24.4 Å². The molecular formula is C12H16O5. The van der Waals surface area contributed by atoms with Crippen molar-refractivity contribution in [1.29, 1.82) is 0 Å². The van der Waals surface area contributed by atoms with Gasteiger partial charge < -0.3 is 19.7 Å². The van der Waals surface area contributed by atoms with Gasteiger partial charge in [0.1, 0.15) is 0 Å². The Hall–Kier alpha value is -0.980. The van der Waals surface area contributed by atoms with E-state index in [1.807, 2.05) is 0 Å². The fourth-order valence-electron chi connectivity index (χ4n) is 1.94. The van der Waals surface area contributed by atoms with Crippen molar-refractivity contribution >= 4 is 0 Å². The van der Waals surface area contributed by atoms with E-state index >= 15 is 0 Å². The van der Waals surface area contributed by atoms with Crippen LogP contribution in [-0.4, -0.2) is 23.4 Å². The Labute approximate surface area is 99.5 Å². The van der Waals surface area contributed by atoms with E-state index < -0.39 is 11.9 Å². The zero-order valence-corrected chi connectivity index (χ0v) is 9.84. The summed E-state index contributed by atoms with van der Waals surface area (Å²) >= 11 is 0. The average molecular weight is 240 g/mol. The Kier molecular flexibility index (Phi) is 3.20. The van der Waals surface area contributed by atoms with E-state index in [2.05, 4.69) is 0 Å². The first-order valence-corrected chi connectivity index (χ1v) is 5.58. The minimum absolute atomic E-state index is 0.243. The molecule has 2 atom stereocenters. The summed E-state index contributed by atoms with van der Waals surface area (Å²) in [5.41, 5.74) is 0.718. The van der Waals surface area contributed by atoms with Gasteiger partial charge in [0.15, 0.2) is 0 Å². The second-order valence-corrected chi connectivity index (χ2v) is 3.68. The Balaban J connectivity index is 2.46. The van der Waals surface area contributed by atoms with Crippen LogP contribution in [0.2, 0.25) is 0 Å². The lowest BCUT2D eigenvalue weighted by Gasteiger charge is -2.27. The van der Waals surface area contributed by atoms with E-state index in [4.69, 9.17) is 14.2 Å². The van der Waals surface area contributed by atoms with E-state index in [1.54, 1.807) is 38.1 Å². The summed E-state index contributed by atoms with van der Waals surface area (Å²) in [4.78, 5) is 0. The van der Waals surface area contributed by atoms with Crippen molar-refractivity contribution in [3.8, 4) is 0 Å². The maximum absolute atomic E-state index is 10.2. The molecule has 2 N–H and O–H groups in total. The number of rotatable bonds is 4. The van der Waals surface area contributed by atoms with Gasteiger partial charge in [0.25, 0.3) is 0 Å². The molecule has 1 heterocycles. The molecule has 0 radical (unpaired) electrons. The van der Waals surface area contributed by atoms with Crippen LogP contribution in [0.5, 0.6) is 0 Å². The van der Waals surface area contributed by atoms with Crippen LogP contribution < -0.4 is 0 Å². The summed E-state index contributed by atoms with van der Waals surface area (Å²) in [6, 6.07) is 6.71. The van der Waals surface area contributed by atoms with Crippen molar-refractivity contribution in [2.75, 3.05) is 13.2 Å². The highest BCUT2D eigenvalue weighted by atomic mass is 16.9. The first-order chi connectivity index (χ1) is 8.06. The fraction of sp³-hybridized carbons (Fsp3) is 0.500. The number of hydrogen-bond donors (Lipinski definition) is 2. The Morgan fingerprint density at radius 2 is 1.41 bits per heavy atom. The zero-order valence-electron chi connectivity index (χ0n) is 9.84. The zero-order chi connectivity index (χ0) is 12.5. The number of ether oxygens (including phenoxy) is 3. The molecule has 0 saturated carbocycles. The molecule has 0 aromatic heterocycles. The van der Waals surface area contributed by atoms with Gasteiger partial charge in [-0.3, -0.25) is 4.74 Å². The molecule has 0 saturated heterocycles. The van der Waals surface area contributed by atoms with Crippen LogP contribution in [0.25, 0.3) is 0 Å². The lowest BCUT2D eigenvalue weighted by Crippen LogP contribution is -2.36. The third kappa shape index (κ3) is 1.96. The third-order valence-electron chi connectivity index (χ3n) is 2.56. The van der Waals surface area contributed by atoms with Crippen LogP contribution in [0.3, 0.4) is 0 Å². The summed E-state index contributed by atoms with van der Waals surface area (Å²) in [7, 11) is 0. The topological polar surface area (TPSA) is 68.2 Å². The molecule has 17 heavy (non-hydrogen) atoms. The minimum atomic E-state index is -1.96. The van der Waals surface area contributed by atoms with Gasteiger partial charge in [0.05, 0.1) is 11.1 Å². The van der Waals surface area contributed by atoms with E-state index in [1.165, 1.54) is 0 Å². The van der Waals surface area contributed by atoms with Gasteiger partial charge in [-0.1, -0.05) is 24.3 Å². The van der Waals surface area contributed by atoms with Crippen LogP contribution in [0.1, 0.15) is 25.0 Å². The predicted molar refractivity (Wildman–Crippen MR) is 58.6 cm³/mol. The summed E-state index contributed by atoms with van der Waals surface area (Å²) in [5.74, 6) is -3.93. The summed E-state index contributed by atoms with van der Waals surface area (Å²) in [6.07, 6.45) is 0. The molecule has 0 amide bonds. The monoisotopic (exact) mass is 240 g/mol. The molecule has 1 aliphatic rings. The maximum atomic E-state index is 10.2. The molecule has 2 unspecified atom stereocenters. The van der Waals surface area contributed by atoms with Crippen molar-refractivity contribution in [3.05, 3.63) is 35.4 Å². The van der Waals surface area contributed by atoms with Gasteiger partial charge >= 0.3 is 11.9 Å². The normalized spacial score (nSPS) is 31.5. The Bertz CT molecular complexity index is 371.